The van der Waals surface area contributed by atoms with E-state index in [4.69, 9.17) is 0 Å². The summed E-state index contributed by atoms with van der Waals surface area (Å²) in [6.45, 7) is 4.29. The van der Waals surface area contributed by atoms with Gasteiger partial charge in [-0.3, -0.25) is 0 Å². The summed E-state index contributed by atoms with van der Waals surface area (Å²) in [6.07, 6.45) is 0. The minimum Gasteiger partial charge on any atom is -0.311 e. The second-order valence-corrected chi connectivity index (χ2v) is 3.68. The molecule has 1 heterocycles. The van der Waals surface area contributed by atoms with Crippen LogP contribution in [0.25, 0.3) is 0 Å². The molecule has 13 heavy (non-hydrogen) atoms. The van der Waals surface area contributed by atoms with Crippen molar-refractivity contribution in [1.82, 2.24) is 10.6 Å². The Hall–Kier alpha value is -0.860. The summed E-state index contributed by atoms with van der Waals surface area (Å²) in [6, 6.07) is 11.7. The highest BCUT2D eigenvalue weighted by Crippen LogP contribution is 2.13. The van der Waals surface area contributed by atoms with Gasteiger partial charge in [-0.05, 0) is 12.5 Å². The lowest BCUT2D eigenvalue weighted by Gasteiger charge is -2.29. The first kappa shape index (κ1) is 8.73. The molecule has 2 atom stereocenters. The molecule has 1 fully saturated rings. The first-order chi connectivity index (χ1) is 6.36. The minimum atomic E-state index is 0.484. The normalized spacial score (nSPS) is 28.7. The quantitative estimate of drug-likeness (QED) is 0.674. The second-order valence-electron chi connectivity index (χ2n) is 3.68. The second kappa shape index (κ2) is 3.90. The van der Waals surface area contributed by atoms with Crippen molar-refractivity contribution >= 4 is 0 Å². The van der Waals surface area contributed by atoms with Crippen LogP contribution in [0.3, 0.4) is 0 Å². The number of hydrogen-bond acceptors (Lipinski definition) is 2. The molecule has 1 saturated heterocycles. The van der Waals surface area contributed by atoms with Crippen molar-refractivity contribution in [2.24, 2.45) is 0 Å². The maximum atomic E-state index is 3.52. The van der Waals surface area contributed by atoms with Crippen LogP contribution in [-0.4, -0.2) is 19.1 Å². The highest BCUT2D eigenvalue weighted by atomic mass is 15.1. The predicted molar refractivity (Wildman–Crippen MR) is 54.7 cm³/mol. The number of benzene rings is 1. The molecular weight excluding hydrogens is 160 g/mol. The smallest absolute Gasteiger partial charge is 0.0447 e. The van der Waals surface area contributed by atoms with Crippen LogP contribution in [0.5, 0.6) is 0 Å². The van der Waals surface area contributed by atoms with E-state index >= 15 is 0 Å². The van der Waals surface area contributed by atoms with Gasteiger partial charge in [0.15, 0.2) is 0 Å². The molecule has 2 nitrogen and oxygen atoms in total. The topological polar surface area (TPSA) is 24.1 Å². The van der Waals surface area contributed by atoms with Crippen LogP contribution in [-0.2, 0) is 0 Å². The fraction of sp³-hybridized carbons (Fsp3) is 0.455. The molecule has 0 amide bonds. The van der Waals surface area contributed by atoms with Crippen molar-refractivity contribution in [3.8, 4) is 0 Å². The lowest BCUT2D eigenvalue weighted by Crippen LogP contribution is -2.48. The van der Waals surface area contributed by atoms with E-state index in [1.54, 1.807) is 0 Å². The summed E-state index contributed by atoms with van der Waals surface area (Å²) in [5, 5.41) is 6.99. The first-order valence-electron chi connectivity index (χ1n) is 4.88. The van der Waals surface area contributed by atoms with Crippen LogP contribution >= 0.6 is 0 Å². The van der Waals surface area contributed by atoms with Crippen LogP contribution in [0.2, 0.25) is 0 Å². The Morgan fingerprint density at radius 1 is 1.08 bits per heavy atom. The average Bonchev–Trinajstić information content (AvgIpc) is 2.20. The van der Waals surface area contributed by atoms with Crippen molar-refractivity contribution < 1.29 is 0 Å². The fourth-order valence-electron chi connectivity index (χ4n) is 1.70. The van der Waals surface area contributed by atoms with Gasteiger partial charge in [0.2, 0.25) is 0 Å². The van der Waals surface area contributed by atoms with E-state index in [-0.39, 0.29) is 0 Å². The summed E-state index contributed by atoms with van der Waals surface area (Å²) < 4.78 is 0. The zero-order chi connectivity index (χ0) is 9.10. The molecule has 0 aromatic heterocycles. The van der Waals surface area contributed by atoms with Gasteiger partial charge in [0.1, 0.15) is 0 Å². The van der Waals surface area contributed by atoms with E-state index < -0.39 is 0 Å². The molecule has 1 aromatic rings. The molecule has 0 radical (unpaired) electrons. The van der Waals surface area contributed by atoms with Gasteiger partial charge in [0, 0.05) is 25.2 Å². The molecule has 0 bridgehead atoms. The molecular formula is C11H16N2. The Morgan fingerprint density at radius 3 is 2.46 bits per heavy atom. The third-order valence-electron chi connectivity index (χ3n) is 2.54. The minimum absolute atomic E-state index is 0.484. The zero-order valence-electron chi connectivity index (χ0n) is 7.96. The van der Waals surface area contributed by atoms with Crippen LogP contribution in [0.1, 0.15) is 18.5 Å². The lowest BCUT2D eigenvalue weighted by atomic mass is 10.0. The van der Waals surface area contributed by atoms with E-state index in [2.05, 4.69) is 47.9 Å². The monoisotopic (exact) mass is 176 g/mol. The van der Waals surface area contributed by atoms with E-state index in [1.165, 1.54) is 5.56 Å². The summed E-state index contributed by atoms with van der Waals surface area (Å²) >= 11 is 0. The molecule has 0 saturated carbocycles. The maximum Gasteiger partial charge on any atom is 0.0447 e. The molecule has 2 N–H and O–H groups in total. The van der Waals surface area contributed by atoms with E-state index in [1.807, 2.05) is 0 Å². The highest BCUT2D eigenvalue weighted by Gasteiger charge is 2.17. The standard InChI is InChI=1S/C11H16N2/c1-9-7-13-11(8-12-9)10-5-3-2-4-6-10/h2-6,9,11-13H,7-8H2,1H3/t9-,11+/m0/s1. The third kappa shape index (κ3) is 2.08. The van der Waals surface area contributed by atoms with Crippen molar-refractivity contribution in [2.75, 3.05) is 13.1 Å². The van der Waals surface area contributed by atoms with E-state index in [0.29, 0.717) is 12.1 Å². The number of nitrogens with one attached hydrogen (secondary N) is 2. The molecule has 1 aromatic carbocycles. The average molecular weight is 176 g/mol. The van der Waals surface area contributed by atoms with Crippen molar-refractivity contribution in [3.63, 3.8) is 0 Å². The molecule has 1 aliphatic rings. The molecule has 70 valence electrons. The third-order valence-corrected chi connectivity index (χ3v) is 2.54. The van der Waals surface area contributed by atoms with Gasteiger partial charge in [0.05, 0.1) is 0 Å². The predicted octanol–water partition coefficient (Wildman–Crippen LogP) is 1.31. The Bertz CT molecular complexity index is 250. The van der Waals surface area contributed by atoms with Gasteiger partial charge < -0.3 is 10.6 Å². The van der Waals surface area contributed by atoms with Crippen LogP contribution < -0.4 is 10.6 Å². The lowest BCUT2D eigenvalue weighted by molar-refractivity contribution is 0.366. The van der Waals surface area contributed by atoms with Crippen molar-refractivity contribution in [3.05, 3.63) is 35.9 Å². The summed E-state index contributed by atoms with van der Waals surface area (Å²) in [5.41, 5.74) is 1.38. The SMILES string of the molecule is C[C@H]1CN[C@@H](c2ccccc2)CN1. The fourth-order valence-corrected chi connectivity index (χ4v) is 1.70. The van der Waals surface area contributed by atoms with Crippen molar-refractivity contribution in [2.45, 2.75) is 19.0 Å². The Balaban J connectivity index is 2.03. The number of hydrogen-bond donors (Lipinski definition) is 2. The zero-order valence-corrected chi connectivity index (χ0v) is 7.96. The van der Waals surface area contributed by atoms with Crippen molar-refractivity contribution in [1.29, 1.82) is 0 Å². The molecule has 0 spiro atoms. The molecule has 2 heteroatoms. The van der Waals surface area contributed by atoms with Gasteiger partial charge in [-0.15, -0.1) is 0 Å². The maximum absolute atomic E-state index is 3.52. The molecule has 2 rings (SSSR count). The van der Waals surface area contributed by atoms with Gasteiger partial charge in [-0.2, -0.15) is 0 Å². The summed E-state index contributed by atoms with van der Waals surface area (Å²) in [4.78, 5) is 0. The summed E-state index contributed by atoms with van der Waals surface area (Å²) in [7, 11) is 0. The van der Waals surface area contributed by atoms with Gasteiger partial charge >= 0.3 is 0 Å². The van der Waals surface area contributed by atoms with E-state index in [0.717, 1.165) is 13.1 Å². The molecule has 0 unspecified atom stereocenters. The molecule has 0 aliphatic carbocycles. The largest absolute Gasteiger partial charge is 0.311 e. The Labute approximate surface area is 79.4 Å². The summed E-state index contributed by atoms with van der Waals surface area (Å²) in [5.74, 6) is 0. The number of rotatable bonds is 1. The van der Waals surface area contributed by atoms with Gasteiger partial charge in [-0.25, -0.2) is 0 Å². The van der Waals surface area contributed by atoms with E-state index in [9.17, 15) is 0 Å². The first-order valence-corrected chi connectivity index (χ1v) is 4.88. The van der Waals surface area contributed by atoms with Crippen LogP contribution in [0.4, 0.5) is 0 Å². The number of piperazine rings is 1. The Kier molecular flexibility index (Phi) is 2.62. The van der Waals surface area contributed by atoms with Crippen LogP contribution in [0, 0.1) is 0 Å². The highest BCUT2D eigenvalue weighted by molar-refractivity contribution is 5.19. The molecule has 1 aliphatic heterocycles. The van der Waals surface area contributed by atoms with Crippen LogP contribution in [0.15, 0.2) is 30.3 Å². The van der Waals surface area contributed by atoms with Gasteiger partial charge in [0.25, 0.3) is 0 Å². The Morgan fingerprint density at radius 2 is 1.85 bits per heavy atom. The van der Waals surface area contributed by atoms with Gasteiger partial charge in [-0.1, -0.05) is 30.3 Å².